The maximum Gasteiger partial charge on any atom is 0.128 e. The van der Waals surface area contributed by atoms with E-state index in [0.29, 0.717) is 12.3 Å². The number of aromatic hydroxyl groups is 1. The third-order valence-electron chi connectivity index (χ3n) is 2.78. The predicted octanol–water partition coefficient (Wildman–Crippen LogP) is 1.94. The average molecular weight is 204 g/mol. The van der Waals surface area contributed by atoms with Crippen LogP contribution in [0.3, 0.4) is 0 Å². The van der Waals surface area contributed by atoms with E-state index >= 15 is 0 Å². The minimum atomic E-state index is 0.403. The lowest BCUT2D eigenvalue weighted by Gasteiger charge is -2.04. The van der Waals surface area contributed by atoms with Gasteiger partial charge in [0.2, 0.25) is 0 Å². The van der Waals surface area contributed by atoms with Crippen molar-refractivity contribution >= 4 is 10.9 Å². The number of aryl methyl sites for hydroxylation is 1. The zero-order valence-corrected chi connectivity index (χ0v) is 8.88. The molecule has 15 heavy (non-hydrogen) atoms. The van der Waals surface area contributed by atoms with E-state index in [1.807, 2.05) is 25.3 Å². The van der Waals surface area contributed by atoms with Gasteiger partial charge in [0, 0.05) is 17.1 Å². The number of hydrogen-bond donors (Lipinski definition) is 3. The second kappa shape index (κ2) is 3.95. The van der Waals surface area contributed by atoms with Crippen molar-refractivity contribution in [1.29, 1.82) is 0 Å². The van der Waals surface area contributed by atoms with Crippen molar-refractivity contribution in [1.82, 2.24) is 4.98 Å². The molecule has 0 atom stereocenters. The molecule has 0 unspecified atom stereocenters. The van der Waals surface area contributed by atoms with Crippen LogP contribution in [0, 0.1) is 0 Å². The second-order valence-electron chi connectivity index (χ2n) is 3.70. The molecule has 2 rings (SSSR count). The lowest BCUT2D eigenvalue weighted by molar-refractivity contribution is 0.475. The van der Waals surface area contributed by atoms with Crippen molar-refractivity contribution < 1.29 is 5.11 Å². The fraction of sp³-hybridized carbons (Fsp3) is 0.333. The Morgan fingerprint density at radius 1 is 1.33 bits per heavy atom. The minimum absolute atomic E-state index is 0.403. The molecule has 0 fully saturated rings. The van der Waals surface area contributed by atoms with Gasteiger partial charge in [0.05, 0.1) is 0 Å². The van der Waals surface area contributed by atoms with Crippen molar-refractivity contribution in [2.24, 2.45) is 5.73 Å². The largest absolute Gasteiger partial charge is 0.507 e. The molecule has 3 heteroatoms. The van der Waals surface area contributed by atoms with Crippen LogP contribution in [-0.4, -0.2) is 16.6 Å². The number of fused-ring (bicyclic) bond motifs is 1. The SMILES string of the molecule is CCc1ccc2[nH]cc(CCN)c2c1O. The smallest absolute Gasteiger partial charge is 0.128 e. The first-order valence-electron chi connectivity index (χ1n) is 5.28. The van der Waals surface area contributed by atoms with E-state index in [0.717, 1.165) is 34.9 Å². The third kappa shape index (κ3) is 1.59. The maximum atomic E-state index is 10.1. The lowest BCUT2D eigenvalue weighted by Crippen LogP contribution is -2.02. The van der Waals surface area contributed by atoms with Crippen molar-refractivity contribution in [3.8, 4) is 5.75 Å². The summed E-state index contributed by atoms with van der Waals surface area (Å²) in [6.07, 6.45) is 3.56. The fourth-order valence-corrected chi connectivity index (χ4v) is 1.95. The van der Waals surface area contributed by atoms with Gasteiger partial charge >= 0.3 is 0 Å². The van der Waals surface area contributed by atoms with Crippen LogP contribution < -0.4 is 5.73 Å². The first-order valence-corrected chi connectivity index (χ1v) is 5.28. The van der Waals surface area contributed by atoms with Crippen LogP contribution in [0.5, 0.6) is 5.75 Å². The summed E-state index contributed by atoms with van der Waals surface area (Å²) in [5, 5.41) is 11.0. The molecule has 0 saturated heterocycles. The Labute approximate surface area is 88.9 Å². The second-order valence-corrected chi connectivity index (χ2v) is 3.70. The molecule has 0 saturated carbocycles. The zero-order chi connectivity index (χ0) is 10.8. The van der Waals surface area contributed by atoms with Gasteiger partial charge in [-0.25, -0.2) is 0 Å². The Hall–Kier alpha value is -1.48. The van der Waals surface area contributed by atoms with Gasteiger partial charge in [-0.1, -0.05) is 13.0 Å². The van der Waals surface area contributed by atoms with Gasteiger partial charge in [-0.15, -0.1) is 0 Å². The van der Waals surface area contributed by atoms with Crippen LogP contribution in [0.2, 0.25) is 0 Å². The maximum absolute atomic E-state index is 10.1. The van der Waals surface area contributed by atoms with E-state index < -0.39 is 0 Å². The van der Waals surface area contributed by atoms with E-state index in [1.54, 1.807) is 0 Å². The molecule has 2 aromatic rings. The molecule has 1 aromatic heterocycles. The van der Waals surface area contributed by atoms with E-state index in [4.69, 9.17) is 5.73 Å². The van der Waals surface area contributed by atoms with Crippen molar-refractivity contribution in [2.75, 3.05) is 6.54 Å². The van der Waals surface area contributed by atoms with Crippen molar-refractivity contribution in [3.05, 3.63) is 29.5 Å². The van der Waals surface area contributed by atoms with Crippen molar-refractivity contribution in [2.45, 2.75) is 19.8 Å². The highest BCUT2D eigenvalue weighted by atomic mass is 16.3. The van der Waals surface area contributed by atoms with Crippen LogP contribution in [0.25, 0.3) is 10.9 Å². The average Bonchev–Trinajstić information content (AvgIpc) is 2.64. The molecule has 0 radical (unpaired) electrons. The first-order chi connectivity index (χ1) is 7.27. The quantitative estimate of drug-likeness (QED) is 0.715. The van der Waals surface area contributed by atoms with Crippen LogP contribution in [-0.2, 0) is 12.8 Å². The van der Waals surface area contributed by atoms with Gasteiger partial charge in [-0.05, 0) is 36.6 Å². The molecule has 0 bridgehead atoms. The summed E-state index contributed by atoms with van der Waals surface area (Å²) in [7, 11) is 0. The van der Waals surface area contributed by atoms with E-state index in [1.165, 1.54) is 0 Å². The Kier molecular flexibility index (Phi) is 2.64. The van der Waals surface area contributed by atoms with Gasteiger partial charge in [-0.3, -0.25) is 0 Å². The van der Waals surface area contributed by atoms with Crippen LogP contribution in [0.15, 0.2) is 18.3 Å². The van der Waals surface area contributed by atoms with Crippen molar-refractivity contribution in [3.63, 3.8) is 0 Å². The lowest BCUT2D eigenvalue weighted by atomic mass is 10.0. The molecule has 0 amide bonds. The Morgan fingerprint density at radius 2 is 2.13 bits per heavy atom. The Bertz CT molecular complexity index is 474. The van der Waals surface area contributed by atoms with Gasteiger partial charge in [0.1, 0.15) is 5.75 Å². The fourth-order valence-electron chi connectivity index (χ4n) is 1.95. The summed E-state index contributed by atoms with van der Waals surface area (Å²) in [5.41, 5.74) is 8.60. The summed E-state index contributed by atoms with van der Waals surface area (Å²) in [4.78, 5) is 3.15. The van der Waals surface area contributed by atoms with Gasteiger partial charge in [-0.2, -0.15) is 0 Å². The molecule has 1 heterocycles. The van der Waals surface area contributed by atoms with Crippen LogP contribution in [0.1, 0.15) is 18.1 Å². The summed E-state index contributed by atoms with van der Waals surface area (Å²) in [6.45, 7) is 2.64. The number of H-pyrrole nitrogens is 1. The number of phenolic OH excluding ortho intramolecular Hbond substituents is 1. The molecule has 80 valence electrons. The number of aromatic nitrogens is 1. The number of nitrogens with two attached hydrogens (primary N) is 1. The summed E-state index contributed by atoms with van der Waals surface area (Å²) < 4.78 is 0. The number of phenols is 1. The summed E-state index contributed by atoms with van der Waals surface area (Å²) in [5.74, 6) is 0.403. The highest BCUT2D eigenvalue weighted by Crippen LogP contribution is 2.31. The predicted molar refractivity (Wildman–Crippen MR) is 62.1 cm³/mol. The number of benzene rings is 1. The van der Waals surface area contributed by atoms with E-state index in [-0.39, 0.29) is 0 Å². The molecule has 0 spiro atoms. The monoisotopic (exact) mass is 204 g/mol. The molecule has 0 aliphatic heterocycles. The van der Waals surface area contributed by atoms with Gasteiger partial charge in [0.15, 0.2) is 0 Å². The highest BCUT2D eigenvalue weighted by Gasteiger charge is 2.10. The molecule has 4 N–H and O–H groups in total. The molecule has 3 nitrogen and oxygen atoms in total. The van der Waals surface area contributed by atoms with E-state index in [9.17, 15) is 5.11 Å². The molecule has 0 aliphatic rings. The van der Waals surface area contributed by atoms with Crippen LogP contribution in [0.4, 0.5) is 0 Å². The minimum Gasteiger partial charge on any atom is -0.507 e. The third-order valence-corrected chi connectivity index (χ3v) is 2.78. The summed E-state index contributed by atoms with van der Waals surface area (Å²) >= 11 is 0. The highest BCUT2D eigenvalue weighted by molar-refractivity contribution is 5.90. The van der Waals surface area contributed by atoms with Gasteiger partial charge in [0.25, 0.3) is 0 Å². The van der Waals surface area contributed by atoms with Crippen LogP contribution >= 0.6 is 0 Å². The Balaban J connectivity index is 2.65. The molecule has 1 aromatic carbocycles. The molecular weight excluding hydrogens is 188 g/mol. The number of nitrogens with one attached hydrogen (secondary N) is 1. The Morgan fingerprint density at radius 3 is 2.80 bits per heavy atom. The van der Waals surface area contributed by atoms with Gasteiger partial charge < -0.3 is 15.8 Å². The molecular formula is C12H16N2O. The number of aromatic amines is 1. The standard InChI is InChI=1S/C12H16N2O/c1-2-8-3-4-10-11(12(8)15)9(5-6-13)7-14-10/h3-4,7,14-15H,2,5-6,13H2,1H3. The first kappa shape index (κ1) is 10.1. The topological polar surface area (TPSA) is 62.0 Å². The summed E-state index contributed by atoms with van der Waals surface area (Å²) in [6, 6.07) is 3.97. The number of rotatable bonds is 3. The van der Waals surface area contributed by atoms with E-state index in [2.05, 4.69) is 4.98 Å². The molecule has 0 aliphatic carbocycles. The number of hydrogen-bond acceptors (Lipinski definition) is 2. The normalized spacial score (nSPS) is 11.1. The zero-order valence-electron chi connectivity index (χ0n) is 8.88.